The summed E-state index contributed by atoms with van der Waals surface area (Å²) in [5.74, 6) is 5.09. The van der Waals surface area contributed by atoms with Gasteiger partial charge in [0, 0.05) is 87.7 Å². The van der Waals surface area contributed by atoms with E-state index in [-0.39, 0.29) is 21.7 Å². The summed E-state index contributed by atoms with van der Waals surface area (Å²) in [4.78, 5) is 2.75. The highest BCUT2D eigenvalue weighted by Crippen LogP contribution is 2.57. The minimum Gasteiger partial charge on any atom is -0.323 e. The van der Waals surface area contributed by atoms with Gasteiger partial charge in [0.2, 0.25) is 0 Å². The third-order valence-corrected chi connectivity index (χ3v) is 33.6. The average molecular weight is 1820 g/mol. The van der Waals surface area contributed by atoms with Crippen LogP contribution in [0.4, 0.5) is 34.1 Å². The molecule has 1 aliphatic carbocycles. The second-order valence-electron chi connectivity index (χ2n) is 47.9. The van der Waals surface area contributed by atoms with Crippen molar-refractivity contribution in [2.75, 3.05) is 78.5 Å². The molecule has 718 valence electrons. The van der Waals surface area contributed by atoms with E-state index in [2.05, 4.69) is 424 Å². The minimum absolute atomic E-state index is 0.0957. The maximum atomic E-state index is 2.58. The molecule has 7 aliphatic heterocycles. The normalized spacial score (nSPS) is 21.7. The Kier molecular flexibility index (Phi) is 33.3. The number of benzene rings is 10. The number of likely N-dealkylation sites (N-methyl/N-ethyl adjacent to an activating group) is 1. The summed E-state index contributed by atoms with van der Waals surface area (Å²) in [5, 5.41) is 0. The van der Waals surface area contributed by atoms with Crippen LogP contribution in [0.25, 0.3) is 22.3 Å². The molecule has 0 aromatic heterocycles. The molecule has 1 spiro atoms. The summed E-state index contributed by atoms with van der Waals surface area (Å²) in [6.45, 7) is 84.4. The van der Waals surface area contributed by atoms with Crippen molar-refractivity contribution in [3.05, 3.63) is 298 Å². The van der Waals surface area contributed by atoms with E-state index in [1.807, 2.05) is 11.8 Å². The van der Waals surface area contributed by atoms with Gasteiger partial charge in [0.05, 0.1) is 87.3 Å². The van der Waals surface area contributed by atoms with Gasteiger partial charge < -0.3 is 13.4 Å². The molecule has 3 fully saturated rings. The number of para-hydroxylation sites is 6. The molecule has 0 bridgehead atoms. The number of hydrogen-bond donors (Lipinski definition) is 0. The molecule has 10 aromatic carbocycles. The van der Waals surface area contributed by atoms with E-state index in [1.54, 1.807) is 44.5 Å². The molecule has 7 heterocycles. The van der Waals surface area contributed by atoms with Crippen LogP contribution in [0, 0.1) is 23.7 Å². The monoisotopic (exact) mass is 1820 g/mol. The van der Waals surface area contributed by atoms with Gasteiger partial charge in [-0.2, -0.15) is 0 Å². The van der Waals surface area contributed by atoms with Gasteiger partial charge in [0.25, 0.3) is 0 Å². The highest BCUT2D eigenvalue weighted by molar-refractivity contribution is 7.99. The van der Waals surface area contributed by atoms with Crippen LogP contribution in [0.1, 0.15) is 318 Å². The standard InChI is InChI=1S/C36H58N.C23H38N.C22H22NS.C16H18N.C16H16N.C14H28N/c1-15-17-37(18-16-2)23-29-27(19-25(33(3,4)5)21-31(29)35(9,10)11)28-20-26(34(6,7)8)22-32(30(28)24-37)36(12,13)14;1-6-24(19-10-8-7-9-11-19)15-14-22-20(17(2)3)12-13-21(18(4)5)23(22)16-24;1-17(2)23(16-18-10-4-3-5-11-18)19-12-6-8-14-21(19)24-22-15-9-7-13-20(22)23;1-3-17(4-2)15-11-7-5-9-13(15)14-10-6-8-12-16(14)17;1-3-9-15(10-4-1)17(13-7-8-14-17)16-11-5-2-6-12-16;1-11-5-12(2)8-15(7-11)9-13(3)6-14(4)10-15/h19-22H,15-18,23-24H2,1-14H3;12-13,17-19H,6-11,14-16H2,1-5H3;3-15,17H,16H2,1-2H3;5-12H,3-4H2,1-2H3;1-12H,13-14H2;11-14H,5-10H2,1-4H3/q6*+1. The molecule has 7 heteroatoms. The molecule has 0 N–H and O–H groups in total. The van der Waals surface area contributed by atoms with E-state index in [1.165, 1.54) is 219 Å². The third kappa shape index (κ3) is 22.5. The van der Waals surface area contributed by atoms with Crippen molar-refractivity contribution >= 4 is 45.9 Å². The lowest BCUT2D eigenvalue weighted by Gasteiger charge is -2.51. The molecule has 18 rings (SSSR count). The zero-order chi connectivity index (χ0) is 96.6. The molecule has 134 heavy (non-hydrogen) atoms. The van der Waals surface area contributed by atoms with Crippen molar-refractivity contribution in [2.24, 2.45) is 23.7 Å². The summed E-state index contributed by atoms with van der Waals surface area (Å²) in [6, 6.07) is 84.4. The zero-order valence-electron chi connectivity index (χ0n) is 89.1. The smallest absolute Gasteiger partial charge is 0.152 e. The molecule has 5 atom stereocenters. The van der Waals surface area contributed by atoms with Crippen LogP contribution in [-0.4, -0.2) is 104 Å². The summed E-state index contributed by atoms with van der Waals surface area (Å²) in [5.41, 5.74) is 32.0. The van der Waals surface area contributed by atoms with E-state index in [0.717, 1.165) is 89.0 Å². The fourth-order valence-electron chi connectivity index (χ4n) is 26.3. The number of fused-ring (bicyclic) bond motifs is 9. The molecular weight excluding hydrogens is 1640 g/mol. The van der Waals surface area contributed by atoms with E-state index >= 15 is 0 Å². The summed E-state index contributed by atoms with van der Waals surface area (Å²) < 4.78 is 6.78. The Morgan fingerprint density at radius 3 is 1.15 bits per heavy atom. The van der Waals surface area contributed by atoms with Crippen LogP contribution >= 0.6 is 11.8 Å². The highest BCUT2D eigenvalue weighted by Gasteiger charge is 2.48. The van der Waals surface area contributed by atoms with E-state index in [0.29, 0.717) is 17.9 Å². The first kappa shape index (κ1) is 103. The number of piperidine rings is 2. The Labute approximate surface area is 822 Å². The summed E-state index contributed by atoms with van der Waals surface area (Å²) in [7, 11) is 0. The van der Waals surface area contributed by atoms with Gasteiger partial charge in [-0.05, 0) is 230 Å². The SMILES string of the molecule is C1=CC[N+](c2ccccc2)(c2ccccc2)C1.CC(C)[N+]1(Cc2ccccc2)c2ccccc2Sc2ccccc21.CC1CC(C)C[N+]2(C1)CC(C)CC(C)C2.CCC[N+]1(CCC)Cc2c(cc(C(C)(C)C)cc2C(C)(C)C)-c2cc(C(C)(C)C)cc(C(C)(C)C)c2C1.CC[N+]1(C2CCCCC2)CCc2c(C(C)C)ccc(C(C)C)c2C1.CC[N+]1(CC)c2ccccc2-c2ccccc21. The van der Waals surface area contributed by atoms with Crippen LogP contribution in [0.5, 0.6) is 0 Å². The van der Waals surface area contributed by atoms with Gasteiger partial charge in [0.1, 0.15) is 62.0 Å². The number of nitrogens with zero attached hydrogens (tertiary/aromatic N) is 6. The Morgan fingerprint density at radius 1 is 0.381 bits per heavy atom. The Morgan fingerprint density at radius 2 is 0.769 bits per heavy atom. The van der Waals surface area contributed by atoms with Gasteiger partial charge in [-0.25, -0.2) is 0 Å². The maximum absolute atomic E-state index is 2.58. The zero-order valence-corrected chi connectivity index (χ0v) is 89.9. The highest BCUT2D eigenvalue weighted by atomic mass is 32.2. The average Bonchev–Trinajstić information content (AvgIpc) is 1.09. The van der Waals surface area contributed by atoms with Crippen LogP contribution < -0.4 is 13.4 Å². The molecule has 0 radical (unpaired) electrons. The molecule has 0 amide bonds. The molecule has 8 aliphatic rings. The van der Waals surface area contributed by atoms with Crippen LogP contribution in [0.2, 0.25) is 0 Å². The fraction of sp³-hybridized carbons (Fsp3) is 0.512. The Balaban J connectivity index is 0.000000140. The first-order valence-electron chi connectivity index (χ1n) is 53.2. The number of hydrogen-bond acceptors (Lipinski definition) is 1. The molecule has 1 saturated carbocycles. The van der Waals surface area contributed by atoms with E-state index < -0.39 is 0 Å². The topological polar surface area (TPSA) is 0 Å². The first-order chi connectivity index (χ1) is 63.7. The van der Waals surface area contributed by atoms with Crippen LogP contribution in [0.15, 0.2) is 246 Å². The van der Waals surface area contributed by atoms with Crippen molar-refractivity contribution < 1.29 is 13.4 Å². The lowest BCUT2D eigenvalue weighted by Crippen LogP contribution is -2.61. The molecule has 10 aromatic rings. The van der Waals surface area contributed by atoms with Crippen molar-refractivity contribution in [1.82, 2.24) is 13.4 Å². The third-order valence-electron chi connectivity index (χ3n) is 32.5. The molecule has 2 saturated heterocycles. The predicted octanol–water partition coefficient (Wildman–Crippen LogP) is 34.1. The maximum Gasteiger partial charge on any atom is 0.152 e. The van der Waals surface area contributed by atoms with E-state index in [9.17, 15) is 0 Å². The molecule has 5 unspecified atom stereocenters. The van der Waals surface area contributed by atoms with Gasteiger partial charge in [-0.3, -0.25) is 13.4 Å². The minimum atomic E-state index is 0.0957. The lowest BCUT2D eigenvalue weighted by molar-refractivity contribution is -0.965. The summed E-state index contributed by atoms with van der Waals surface area (Å²) in [6.07, 6.45) is 18.5. The van der Waals surface area contributed by atoms with Crippen molar-refractivity contribution in [3.8, 4) is 22.3 Å². The first-order valence-corrected chi connectivity index (χ1v) is 54.0. The molecular formula is C127H180N6S+6. The molecule has 6 nitrogen and oxygen atoms in total. The van der Waals surface area contributed by atoms with Crippen LogP contribution in [-0.2, 0) is 54.3 Å². The number of rotatable bonds is 15. The Hall–Kier alpha value is -7.95. The van der Waals surface area contributed by atoms with Gasteiger partial charge >= 0.3 is 0 Å². The van der Waals surface area contributed by atoms with Crippen molar-refractivity contribution in [2.45, 2.75) is 333 Å². The van der Waals surface area contributed by atoms with Gasteiger partial charge in [0.15, 0.2) is 11.4 Å². The van der Waals surface area contributed by atoms with Crippen molar-refractivity contribution in [1.29, 1.82) is 0 Å². The van der Waals surface area contributed by atoms with Gasteiger partial charge in [-0.15, -0.1) is 0 Å². The second-order valence-corrected chi connectivity index (χ2v) is 49.0. The van der Waals surface area contributed by atoms with E-state index in [4.69, 9.17) is 0 Å². The largest absolute Gasteiger partial charge is 0.323 e. The lowest BCUT2D eigenvalue weighted by atomic mass is 9.73. The fourth-order valence-corrected chi connectivity index (χ4v) is 27.5. The predicted molar refractivity (Wildman–Crippen MR) is 586 cm³/mol. The number of quaternary nitrogens is 6. The quantitative estimate of drug-likeness (QED) is 0.0728. The Bertz CT molecular complexity index is 5250. The van der Waals surface area contributed by atoms with Crippen LogP contribution in [0.3, 0.4) is 0 Å². The van der Waals surface area contributed by atoms with Gasteiger partial charge in [-0.1, -0.05) is 322 Å². The second kappa shape index (κ2) is 43.2. The van der Waals surface area contributed by atoms with Crippen molar-refractivity contribution in [3.63, 3.8) is 0 Å². The summed E-state index contributed by atoms with van der Waals surface area (Å²) >= 11 is 1.90.